The molecule has 146 valence electrons. The van der Waals surface area contributed by atoms with Crippen molar-refractivity contribution >= 4 is 17.5 Å². The van der Waals surface area contributed by atoms with E-state index in [2.05, 4.69) is 4.84 Å². The Morgan fingerprint density at radius 1 is 0.885 bits per heavy atom. The Balaban J connectivity index is 2.61. The zero-order valence-corrected chi connectivity index (χ0v) is 16.6. The van der Waals surface area contributed by atoms with Gasteiger partial charge in [-0.25, -0.2) is 5.90 Å². The molecule has 0 aromatic rings. The number of Topliss-reactive ketones (excluding diaryl/α,β-unsaturated/α-hetero) is 2. The highest BCUT2D eigenvalue weighted by Gasteiger charge is 2.38. The smallest absolute Gasteiger partial charge is 0.306 e. The topological polar surface area (TPSA) is 95.7 Å². The number of carbonyl (C=O) groups excluding carboxylic acids is 3. The molecule has 2 N–H and O–H groups in total. The van der Waals surface area contributed by atoms with Gasteiger partial charge in [0.2, 0.25) is 0 Å². The zero-order chi connectivity index (χ0) is 19.9. The maximum absolute atomic E-state index is 12.7. The van der Waals surface area contributed by atoms with Gasteiger partial charge in [0.1, 0.15) is 0 Å². The minimum atomic E-state index is -0.756. The number of hydrogen-bond donors (Lipinski definition) is 1. The van der Waals surface area contributed by atoms with Crippen molar-refractivity contribution in [2.75, 3.05) is 13.2 Å². The summed E-state index contributed by atoms with van der Waals surface area (Å²) in [5, 5.41) is 0. The van der Waals surface area contributed by atoms with Crippen LogP contribution in [0.25, 0.3) is 0 Å². The van der Waals surface area contributed by atoms with Gasteiger partial charge in [0.15, 0.2) is 11.6 Å². The van der Waals surface area contributed by atoms with Crippen LogP contribution in [0.3, 0.4) is 0 Å². The quantitative estimate of drug-likeness (QED) is 0.276. The van der Waals surface area contributed by atoms with Crippen LogP contribution in [0.4, 0.5) is 0 Å². The summed E-state index contributed by atoms with van der Waals surface area (Å²) >= 11 is 0. The molecule has 1 aliphatic carbocycles. The molecule has 0 aromatic heterocycles. The lowest BCUT2D eigenvalue weighted by Gasteiger charge is -2.31. The minimum absolute atomic E-state index is 0.0615. The lowest BCUT2D eigenvalue weighted by atomic mass is 9.71. The molecule has 1 rings (SSSR count). The fourth-order valence-electron chi connectivity index (χ4n) is 3.24. The molecule has 0 unspecified atom stereocenters. The second-order valence-corrected chi connectivity index (χ2v) is 7.47. The van der Waals surface area contributed by atoms with Gasteiger partial charge >= 0.3 is 5.97 Å². The molecule has 0 saturated carbocycles. The van der Waals surface area contributed by atoms with Crippen LogP contribution in [-0.4, -0.2) is 30.7 Å². The summed E-state index contributed by atoms with van der Waals surface area (Å²) in [6, 6.07) is 0. The van der Waals surface area contributed by atoms with E-state index >= 15 is 0 Å². The highest BCUT2D eigenvalue weighted by molar-refractivity contribution is 6.25. The Labute approximate surface area is 155 Å². The number of unbranched alkanes of at least 4 members (excludes halogenated alkanes) is 3. The number of carbonyl (C=O) groups is 3. The zero-order valence-electron chi connectivity index (χ0n) is 16.6. The van der Waals surface area contributed by atoms with Crippen molar-refractivity contribution in [1.82, 2.24) is 0 Å². The number of ketones is 2. The Morgan fingerprint density at radius 3 is 2.00 bits per heavy atom. The van der Waals surface area contributed by atoms with Crippen LogP contribution in [0.2, 0.25) is 0 Å². The van der Waals surface area contributed by atoms with Crippen molar-refractivity contribution in [3.63, 3.8) is 0 Å². The van der Waals surface area contributed by atoms with Crippen LogP contribution >= 0.6 is 0 Å². The van der Waals surface area contributed by atoms with Gasteiger partial charge in [0, 0.05) is 27.7 Å². The Kier molecular flexibility index (Phi) is 8.37. The van der Waals surface area contributed by atoms with Crippen LogP contribution in [0.5, 0.6) is 0 Å². The Morgan fingerprint density at radius 2 is 1.42 bits per heavy atom. The van der Waals surface area contributed by atoms with Crippen molar-refractivity contribution in [3.05, 3.63) is 22.3 Å². The minimum Gasteiger partial charge on any atom is -0.466 e. The van der Waals surface area contributed by atoms with E-state index in [9.17, 15) is 14.4 Å². The average Bonchev–Trinajstić information content (AvgIpc) is 2.57. The third kappa shape index (κ3) is 5.61. The average molecular weight is 365 g/mol. The molecule has 6 nitrogen and oxygen atoms in total. The third-order valence-corrected chi connectivity index (χ3v) is 4.87. The van der Waals surface area contributed by atoms with E-state index in [-0.39, 0.29) is 24.0 Å². The Bertz CT molecular complexity index is 628. The van der Waals surface area contributed by atoms with Crippen LogP contribution < -0.4 is 5.90 Å². The molecular weight excluding hydrogens is 334 g/mol. The van der Waals surface area contributed by atoms with Crippen LogP contribution in [0, 0.1) is 5.41 Å². The molecule has 0 heterocycles. The van der Waals surface area contributed by atoms with Crippen LogP contribution in [0.1, 0.15) is 66.7 Å². The number of esters is 1. The van der Waals surface area contributed by atoms with Crippen molar-refractivity contribution in [1.29, 1.82) is 0 Å². The molecule has 0 amide bonds. The van der Waals surface area contributed by atoms with E-state index in [0.717, 1.165) is 25.7 Å². The second-order valence-electron chi connectivity index (χ2n) is 7.47. The first-order valence-corrected chi connectivity index (χ1v) is 9.09. The fourth-order valence-corrected chi connectivity index (χ4v) is 3.24. The lowest BCUT2D eigenvalue weighted by molar-refractivity contribution is -0.145. The SMILES string of the molecule is CC1=C(C)C(=O)C(C(C)(C)CC(=O)OCCCCCCON)=C(C)C1=O. The van der Waals surface area contributed by atoms with Gasteiger partial charge in [-0.3, -0.25) is 14.4 Å². The predicted molar refractivity (Wildman–Crippen MR) is 99.1 cm³/mol. The van der Waals surface area contributed by atoms with Crippen molar-refractivity contribution in [3.8, 4) is 0 Å². The number of allylic oxidation sites excluding steroid dienone is 4. The molecular formula is C20H31NO5. The van der Waals surface area contributed by atoms with E-state index in [0.29, 0.717) is 35.5 Å². The highest BCUT2D eigenvalue weighted by atomic mass is 16.6. The van der Waals surface area contributed by atoms with Crippen molar-refractivity contribution in [2.45, 2.75) is 66.7 Å². The standard InChI is InChI=1S/C20H31NO5/c1-13-14(2)19(24)17(15(3)18(13)23)20(4,5)12-16(22)25-10-8-6-7-9-11-26-21/h6-12,21H2,1-5H3. The first-order valence-electron chi connectivity index (χ1n) is 9.09. The first-order chi connectivity index (χ1) is 12.1. The van der Waals surface area contributed by atoms with Crippen molar-refractivity contribution in [2.24, 2.45) is 11.3 Å². The summed E-state index contributed by atoms with van der Waals surface area (Å²) in [5.74, 6) is 4.32. The molecule has 6 heteroatoms. The first kappa shape index (κ1) is 22.3. The number of ether oxygens (including phenoxy) is 1. The molecule has 0 fully saturated rings. The second kappa shape index (κ2) is 9.78. The molecule has 26 heavy (non-hydrogen) atoms. The van der Waals surface area contributed by atoms with Crippen molar-refractivity contribution < 1.29 is 24.0 Å². The molecule has 1 aliphatic rings. The van der Waals surface area contributed by atoms with Gasteiger partial charge in [0.25, 0.3) is 0 Å². The highest BCUT2D eigenvalue weighted by Crippen LogP contribution is 2.38. The molecule has 0 spiro atoms. The summed E-state index contributed by atoms with van der Waals surface area (Å²) in [4.78, 5) is 41.7. The third-order valence-electron chi connectivity index (χ3n) is 4.87. The van der Waals surface area contributed by atoms with Gasteiger partial charge in [-0.05, 0) is 40.0 Å². The van der Waals surface area contributed by atoms with Gasteiger partial charge in [-0.2, -0.15) is 0 Å². The number of rotatable bonds is 10. The summed E-state index contributed by atoms with van der Waals surface area (Å²) in [5.41, 5.74) is 1.03. The normalized spacial score (nSPS) is 15.8. The van der Waals surface area contributed by atoms with E-state index < -0.39 is 5.41 Å². The maximum atomic E-state index is 12.7. The van der Waals surface area contributed by atoms with Gasteiger partial charge in [-0.15, -0.1) is 0 Å². The number of hydrogen-bond acceptors (Lipinski definition) is 6. The molecule has 0 bridgehead atoms. The lowest BCUT2D eigenvalue weighted by Crippen LogP contribution is -2.32. The van der Waals surface area contributed by atoms with E-state index in [4.69, 9.17) is 10.6 Å². The monoisotopic (exact) mass is 365 g/mol. The number of nitrogens with two attached hydrogens (primary N) is 1. The van der Waals surface area contributed by atoms with E-state index in [1.807, 2.05) is 0 Å². The van der Waals surface area contributed by atoms with E-state index in [1.165, 1.54) is 0 Å². The summed E-state index contributed by atoms with van der Waals surface area (Å²) < 4.78 is 5.29. The molecule has 0 radical (unpaired) electrons. The summed E-state index contributed by atoms with van der Waals surface area (Å²) in [7, 11) is 0. The van der Waals surface area contributed by atoms with Crippen LogP contribution in [-0.2, 0) is 24.0 Å². The van der Waals surface area contributed by atoms with Crippen LogP contribution in [0.15, 0.2) is 22.3 Å². The molecule has 0 aromatic carbocycles. The largest absolute Gasteiger partial charge is 0.466 e. The summed E-state index contributed by atoms with van der Waals surface area (Å²) in [6.07, 6.45) is 3.62. The summed E-state index contributed by atoms with van der Waals surface area (Å²) in [6.45, 7) is 9.47. The fraction of sp³-hybridized carbons (Fsp3) is 0.650. The molecule has 0 saturated heterocycles. The van der Waals surface area contributed by atoms with Gasteiger partial charge in [-0.1, -0.05) is 20.3 Å². The molecule has 0 atom stereocenters. The van der Waals surface area contributed by atoms with Gasteiger partial charge < -0.3 is 9.57 Å². The van der Waals surface area contributed by atoms with E-state index in [1.54, 1.807) is 34.6 Å². The molecule has 0 aliphatic heterocycles. The van der Waals surface area contributed by atoms with Gasteiger partial charge in [0.05, 0.1) is 19.6 Å². The predicted octanol–water partition coefficient (Wildman–Crippen LogP) is 3.20. The Hall–Kier alpha value is -1.79. The maximum Gasteiger partial charge on any atom is 0.306 e.